The summed E-state index contributed by atoms with van der Waals surface area (Å²) in [5.41, 5.74) is 6.14. The first-order valence-electron chi connectivity index (χ1n) is 5.38. The molecule has 0 unspecified atom stereocenters. The van der Waals surface area contributed by atoms with Crippen LogP contribution in [0.2, 0.25) is 0 Å². The lowest BCUT2D eigenvalue weighted by Gasteiger charge is -1.99. The molecular formula is C14H9BrN2OS. The molecule has 0 bridgehead atoms. The molecule has 0 saturated heterocycles. The highest BCUT2D eigenvalue weighted by molar-refractivity contribution is 9.10. The van der Waals surface area contributed by atoms with E-state index >= 15 is 0 Å². The van der Waals surface area contributed by atoms with Crippen LogP contribution in [0.3, 0.4) is 0 Å². The van der Waals surface area contributed by atoms with Crippen molar-refractivity contribution in [2.75, 3.05) is 0 Å². The average molecular weight is 333 g/mol. The maximum Gasteiger partial charge on any atom is 0.259 e. The number of hydrogen-bond donors (Lipinski definition) is 1. The predicted molar refractivity (Wildman–Crippen MR) is 80.2 cm³/mol. The Bertz CT molecular complexity index is 697. The van der Waals surface area contributed by atoms with Gasteiger partial charge in [0.1, 0.15) is 11.6 Å². The van der Waals surface area contributed by atoms with E-state index < -0.39 is 5.91 Å². The van der Waals surface area contributed by atoms with Gasteiger partial charge in [-0.3, -0.25) is 4.79 Å². The van der Waals surface area contributed by atoms with Gasteiger partial charge >= 0.3 is 0 Å². The van der Waals surface area contributed by atoms with Gasteiger partial charge < -0.3 is 5.73 Å². The maximum absolute atomic E-state index is 11.0. The van der Waals surface area contributed by atoms with E-state index in [0.29, 0.717) is 0 Å². The molecule has 19 heavy (non-hydrogen) atoms. The summed E-state index contributed by atoms with van der Waals surface area (Å²) in [6, 6.07) is 13.5. The van der Waals surface area contributed by atoms with Crippen LogP contribution in [0.5, 0.6) is 0 Å². The van der Waals surface area contributed by atoms with Gasteiger partial charge in [-0.2, -0.15) is 5.26 Å². The molecule has 2 rings (SSSR count). The van der Waals surface area contributed by atoms with Crippen LogP contribution in [0, 0.1) is 11.3 Å². The number of hydrogen-bond acceptors (Lipinski definition) is 3. The zero-order valence-corrected chi connectivity index (χ0v) is 12.2. The lowest BCUT2D eigenvalue weighted by molar-refractivity contribution is -0.114. The number of nitrogens with two attached hydrogens (primary N) is 1. The summed E-state index contributed by atoms with van der Waals surface area (Å²) < 4.78 is 1.00. The van der Waals surface area contributed by atoms with Crippen molar-refractivity contribution in [3.05, 3.63) is 51.3 Å². The van der Waals surface area contributed by atoms with Gasteiger partial charge in [0.05, 0.1) is 0 Å². The standard InChI is InChI=1S/C14H9BrN2OS/c15-12-4-2-1-3-11(12)13-6-5-10(19-13)7-9(8-16)14(17)18/h1-7H,(H2,17,18)/b9-7+. The van der Waals surface area contributed by atoms with Crippen molar-refractivity contribution in [2.45, 2.75) is 0 Å². The van der Waals surface area contributed by atoms with Crippen molar-refractivity contribution in [3.63, 3.8) is 0 Å². The summed E-state index contributed by atoms with van der Waals surface area (Å²) in [5.74, 6) is -0.710. The number of benzene rings is 1. The summed E-state index contributed by atoms with van der Waals surface area (Å²) in [6.45, 7) is 0. The number of carbonyl (C=O) groups excluding carboxylic acids is 1. The first kappa shape index (κ1) is 13.5. The number of halogens is 1. The van der Waals surface area contributed by atoms with Crippen molar-refractivity contribution in [2.24, 2.45) is 5.73 Å². The summed E-state index contributed by atoms with van der Waals surface area (Å²) in [4.78, 5) is 12.9. The average Bonchev–Trinajstić information content (AvgIpc) is 2.84. The van der Waals surface area contributed by atoms with E-state index in [1.165, 1.54) is 17.4 Å². The van der Waals surface area contributed by atoms with Crippen LogP contribution in [0.1, 0.15) is 4.88 Å². The normalized spacial score (nSPS) is 11.1. The van der Waals surface area contributed by atoms with Crippen LogP contribution >= 0.6 is 27.3 Å². The fourth-order valence-corrected chi connectivity index (χ4v) is 3.16. The minimum atomic E-state index is -0.710. The highest BCUT2D eigenvalue weighted by Crippen LogP contribution is 2.34. The van der Waals surface area contributed by atoms with Gasteiger partial charge in [0.15, 0.2) is 0 Å². The van der Waals surface area contributed by atoms with Gasteiger partial charge in [-0.15, -0.1) is 11.3 Å². The molecule has 1 amide bonds. The highest BCUT2D eigenvalue weighted by atomic mass is 79.9. The second-order valence-electron chi connectivity index (χ2n) is 3.72. The van der Waals surface area contributed by atoms with E-state index in [0.717, 1.165) is 19.8 Å². The zero-order chi connectivity index (χ0) is 13.8. The molecule has 0 atom stereocenters. The van der Waals surface area contributed by atoms with Crippen LogP contribution in [0.4, 0.5) is 0 Å². The molecule has 1 heterocycles. The lowest BCUT2D eigenvalue weighted by Crippen LogP contribution is -2.12. The second-order valence-corrected chi connectivity index (χ2v) is 5.69. The van der Waals surface area contributed by atoms with Crippen LogP contribution in [-0.4, -0.2) is 5.91 Å². The number of nitrogens with zero attached hydrogens (tertiary/aromatic N) is 1. The molecule has 2 aromatic rings. The Balaban J connectivity index is 2.38. The summed E-state index contributed by atoms with van der Waals surface area (Å²) in [6.07, 6.45) is 1.51. The van der Waals surface area contributed by atoms with Crippen LogP contribution in [0.15, 0.2) is 46.4 Å². The number of amides is 1. The monoisotopic (exact) mass is 332 g/mol. The van der Waals surface area contributed by atoms with E-state index in [4.69, 9.17) is 11.0 Å². The molecule has 0 spiro atoms. The Labute approximate surface area is 123 Å². The van der Waals surface area contributed by atoms with Crippen molar-refractivity contribution < 1.29 is 4.79 Å². The van der Waals surface area contributed by atoms with Gasteiger partial charge in [0.25, 0.3) is 5.91 Å². The van der Waals surface area contributed by atoms with Crippen LogP contribution in [-0.2, 0) is 4.79 Å². The van der Waals surface area contributed by atoms with E-state index in [-0.39, 0.29) is 5.57 Å². The first-order chi connectivity index (χ1) is 9.11. The molecule has 1 aromatic heterocycles. The van der Waals surface area contributed by atoms with Crippen molar-refractivity contribution in [1.29, 1.82) is 5.26 Å². The molecule has 3 nitrogen and oxygen atoms in total. The van der Waals surface area contributed by atoms with Crippen LogP contribution in [0.25, 0.3) is 16.5 Å². The molecule has 1 aromatic carbocycles. The molecule has 0 aliphatic heterocycles. The Morgan fingerprint density at radius 3 is 2.68 bits per heavy atom. The zero-order valence-electron chi connectivity index (χ0n) is 9.76. The Morgan fingerprint density at radius 1 is 1.32 bits per heavy atom. The van der Waals surface area contributed by atoms with E-state index in [2.05, 4.69) is 15.9 Å². The molecular weight excluding hydrogens is 324 g/mol. The summed E-state index contributed by atoms with van der Waals surface area (Å²) in [5, 5.41) is 8.80. The fraction of sp³-hybridized carbons (Fsp3) is 0. The lowest BCUT2D eigenvalue weighted by atomic mass is 10.2. The SMILES string of the molecule is N#C/C(=C\c1ccc(-c2ccccc2Br)s1)C(N)=O. The number of thiophene rings is 1. The molecule has 0 radical (unpaired) electrons. The highest BCUT2D eigenvalue weighted by Gasteiger charge is 2.07. The quantitative estimate of drug-likeness (QED) is 0.689. The molecule has 0 saturated carbocycles. The van der Waals surface area contributed by atoms with Gasteiger partial charge in [-0.05, 0) is 24.3 Å². The topological polar surface area (TPSA) is 66.9 Å². The van der Waals surface area contributed by atoms with Gasteiger partial charge in [0, 0.05) is 19.8 Å². The third-order valence-electron chi connectivity index (χ3n) is 2.44. The summed E-state index contributed by atoms with van der Waals surface area (Å²) in [7, 11) is 0. The largest absolute Gasteiger partial charge is 0.365 e. The van der Waals surface area contributed by atoms with Crippen LogP contribution < -0.4 is 5.73 Å². The Hall–Kier alpha value is -1.90. The van der Waals surface area contributed by atoms with Gasteiger partial charge in [-0.1, -0.05) is 34.1 Å². The fourth-order valence-electron chi connectivity index (χ4n) is 1.54. The van der Waals surface area contributed by atoms with Crippen molar-refractivity contribution in [3.8, 4) is 16.5 Å². The second kappa shape index (κ2) is 5.83. The third-order valence-corrected chi connectivity index (χ3v) is 4.20. The molecule has 0 aliphatic carbocycles. The molecule has 0 fully saturated rings. The summed E-state index contributed by atoms with van der Waals surface area (Å²) >= 11 is 4.99. The molecule has 5 heteroatoms. The molecule has 94 valence electrons. The minimum Gasteiger partial charge on any atom is -0.365 e. The molecule has 0 aliphatic rings. The minimum absolute atomic E-state index is 0.0412. The molecule has 2 N–H and O–H groups in total. The number of nitriles is 1. The van der Waals surface area contributed by atoms with E-state index in [1.807, 2.05) is 36.4 Å². The third kappa shape index (κ3) is 3.11. The van der Waals surface area contributed by atoms with Crippen molar-refractivity contribution in [1.82, 2.24) is 0 Å². The Kier molecular flexibility index (Phi) is 4.15. The van der Waals surface area contributed by atoms with E-state index in [9.17, 15) is 4.79 Å². The van der Waals surface area contributed by atoms with Crippen molar-refractivity contribution >= 4 is 39.2 Å². The first-order valence-corrected chi connectivity index (χ1v) is 6.99. The van der Waals surface area contributed by atoms with Gasteiger partial charge in [-0.25, -0.2) is 0 Å². The number of rotatable bonds is 3. The van der Waals surface area contributed by atoms with Gasteiger partial charge in [0.2, 0.25) is 0 Å². The number of primary amides is 1. The number of carbonyl (C=O) groups is 1. The predicted octanol–water partition coefficient (Wildman–Crippen LogP) is 3.57. The van der Waals surface area contributed by atoms with E-state index in [1.54, 1.807) is 6.07 Å². The Morgan fingerprint density at radius 2 is 2.05 bits per heavy atom. The smallest absolute Gasteiger partial charge is 0.259 e. The maximum atomic E-state index is 11.0.